The maximum Gasteiger partial charge on any atom is 0.309 e. The van der Waals surface area contributed by atoms with E-state index in [1.54, 1.807) is 0 Å². The fourth-order valence-electron chi connectivity index (χ4n) is 4.27. The SMILES string of the molecule is CC1(C(=O)O)CCC(Oc2ccc(N3CCN(c4ccncc4)CC3)cc2)CC1. The van der Waals surface area contributed by atoms with Gasteiger partial charge in [0, 0.05) is 49.9 Å². The van der Waals surface area contributed by atoms with Gasteiger partial charge in [-0.2, -0.15) is 0 Å². The van der Waals surface area contributed by atoms with Gasteiger partial charge < -0.3 is 19.6 Å². The highest BCUT2D eigenvalue weighted by Gasteiger charge is 2.38. The minimum Gasteiger partial charge on any atom is -0.490 e. The van der Waals surface area contributed by atoms with Crippen LogP contribution in [0.3, 0.4) is 0 Å². The van der Waals surface area contributed by atoms with Gasteiger partial charge in [0.15, 0.2) is 0 Å². The smallest absolute Gasteiger partial charge is 0.309 e. The summed E-state index contributed by atoms with van der Waals surface area (Å²) in [6.45, 7) is 5.80. The molecule has 29 heavy (non-hydrogen) atoms. The summed E-state index contributed by atoms with van der Waals surface area (Å²) in [5.41, 5.74) is 1.85. The van der Waals surface area contributed by atoms with Gasteiger partial charge in [-0.3, -0.25) is 9.78 Å². The van der Waals surface area contributed by atoms with E-state index in [1.165, 1.54) is 11.4 Å². The summed E-state index contributed by atoms with van der Waals surface area (Å²) < 4.78 is 6.12. The van der Waals surface area contributed by atoms with E-state index in [1.807, 2.05) is 31.5 Å². The molecule has 1 aromatic carbocycles. The number of carboxylic acids is 1. The third kappa shape index (κ3) is 4.47. The molecule has 2 fully saturated rings. The van der Waals surface area contributed by atoms with E-state index in [-0.39, 0.29) is 6.10 Å². The molecule has 154 valence electrons. The lowest BCUT2D eigenvalue weighted by molar-refractivity contribution is -0.150. The number of benzene rings is 1. The molecule has 0 bridgehead atoms. The number of aromatic nitrogens is 1. The summed E-state index contributed by atoms with van der Waals surface area (Å²) in [4.78, 5) is 20.3. The van der Waals surface area contributed by atoms with Crippen molar-refractivity contribution in [3.8, 4) is 5.75 Å². The van der Waals surface area contributed by atoms with E-state index in [4.69, 9.17) is 4.74 Å². The molecule has 4 rings (SSSR count). The molecule has 1 saturated heterocycles. The van der Waals surface area contributed by atoms with Gasteiger partial charge in [-0.25, -0.2) is 0 Å². The Kier molecular flexibility index (Phi) is 5.60. The maximum atomic E-state index is 11.4. The monoisotopic (exact) mass is 395 g/mol. The van der Waals surface area contributed by atoms with Crippen LogP contribution in [0.2, 0.25) is 0 Å². The maximum absolute atomic E-state index is 11.4. The molecule has 2 heterocycles. The average molecular weight is 396 g/mol. The van der Waals surface area contributed by atoms with Crippen molar-refractivity contribution in [1.29, 1.82) is 0 Å². The predicted molar refractivity (Wildman–Crippen MR) is 114 cm³/mol. The molecule has 0 amide bonds. The van der Waals surface area contributed by atoms with Crippen molar-refractivity contribution in [3.05, 3.63) is 48.8 Å². The van der Waals surface area contributed by atoms with Gasteiger partial charge in [-0.15, -0.1) is 0 Å². The lowest BCUT2D eigenvalue weighted by atomic mass is 9.75. The van der Waals surface area contributed by atoms with Crippen molar-refractivity contribution in [2.24, 2.45) is 5.41 Å². The number of pyridine rings is 1. The van der Waals surface area contributed by atoms with Gasteiger partial charge in [0.1, 0.15) is 5.75 Å². The highest BCUT2D eigenvalue weighted by Crippen LogP contribution is 2.37. The number of nitrogens with zero attached hydrogens (tertiary/aromatic N) is 3. The van der Waals surface area contributed by atoms with E-state index in [0.29, 0.717) is 12.8 Å². The second-order valence-electron chi connectivity index (χ2n) is 8.36. The van der Waals surface area contributed by atoms with E-state index < -0.39 is 11.4 Å². The van der Waals surface area contributed by atoms with E-state index in [2.05, 4.69) is 39.0 Å². The van der Waals surface area contributed by atoms with Crippen LogP contribution in [0, 0.1) is 5.41 Å². The first-order valence-electron chi connectivity index (χ1n) is 10.4. The number of carboxylic acid groups (broad SMARTS) is 1. The van der Waals surface area contributed by atoms with Crippen LogP contribution >= 0.6 is 0 Å². The van der Waals surface area contributed by atoms with Gasteiger partial charge in [-0.05, 0) is 69.0 Å². The summed E-state index contributed by atoms with van der Waals surface area (Å²) in [7, 11) is 0. The molecular weight excluding hydrogens is 366 g/mol. The average Bonchev–Trinajstić information content (AvgIpc) is 2.77. The molecule has 1 aliphatic heterocycles. The van der Waals surface area contributed by atoms with Crippen LogP contribution in [0.1, 0.15) is 32.6 Å². The Balaban J connectivity index is 1.28. The van der Waals surface area contributed by atoms with Crippen molar-refractivity contribution in [2.45, 2.75) is 38.7 Å². The predicted octanol–water partition coefficient (Wildman–Crippen LogP) is 3.82. The molecule has 1 saturated carbocycles. The van der Waals surface area contributed by atoms with Crippen molar-refractivity contribution >= 4 is 17.3 Å². The largest absolute Gasteiger partial charge is 0.490 e. The van der Waals surface area contributed by atoms with Crippen LogP contribution in [0.25, 0.3) is 0 Å². The van der Waals surface area contributed by atoms with Crippen molar-refractivity contribution in [2.75, 3.05) is 36.0 Å². The van der Waals surface area contributed by atoms with Crippen LogP contribution in [-0.2, 0) is 4.79 Å². The minimum atomic E-state index is -0.690. The zero-order valence-corrected chi connectivity index (χ0v) is 17.0. The summed E-state index contributed by atoms with van der Waals surface area (Å²) in [6, 6.07) is 12.5. The molecule has 1 N–H and O–H groups in total. The Hall–Kier alpha value is -2.76. The number of anilines is 2. The Morgan fingerprint density at radius 1 is 0.966 bits per heavy atom. The molecule has 2 aliphatic rings. The van der Waals surface area contributed by atoms with Crippen molar-refractivity contribution < 1.29 is 14.6 Å². The van der Waals surface area contributed by atoms with E-state index in [0.717, 1.165) is 44.8 Å². The third-order valence-electron chi connectivity index (χ3n) is 6.36. The fourth-order valence-corrected chi connectivity index (χ4v) is 4.27. The lowest BCUT2D eigenvalue weighted by Gasteiger charge is -2.37. The van der Waals surface area contributed by atoms with Gasteiger partial charge in [0.25, 0.3) is 0 Å². The first-order chi connectivity index (χ1) is 14.0. The van der Waals surface area contributed by atoms with Crippen LogP contribution in [0.15, 0.2) is 48.8 Å². The number of hydrogen-bond donors (Lipinski definition) is 1. The third-order valence-corrected chi connectivity index (χ3v) is 6.36. The standard InChI is InChI=1S/C23H29N3O3/c1-23(22(27)28)10-6-21(7-11-23)29-20-4-2-18(3-5-20)25-14-16-26(17-15-25)19-8-12-24-13-9-19/h2-5,8-9,12-13,21H,6-7,10-11,14-17H2,1H3,(H,27,28). The van der Waals surface area contributed by atoms with Gasteiger partial charge >= 0.3 is 5.97 Å². The Bertz CT molecular complexity index is 809. The zero-order chi connectivity index (χ0) is 20.3. The number of hydrogen-bond acceptors (Lipinski definition) is 5. The van der Waals surface area contributed by atoms with Crippen LogP contribution in [-0.4, -0.2) is 48.3 Å². The Morgan fingerprint density at radius 2 is 1.48 bits per heavy atom. The summed E-state index contributed by atoms with van der Waals surface area (Å²) in [5, 5.41) is 9.36. The molecule has 0 unspecified atom stereocenters. The van der Waals surface area contributed by atoms with Crippen LogP contribution in [0.4, 0.5) is 11.4 Å². The lowest BCUT2D eigenvalue weighted by Crippen LogP contribution is -2.46. The quantitative estimate of drug-likeness (QED) is 0.830. The normalized spacial score (nSPS) is 24.9. The number of ether oxygens (including phenoxy) is 1. The van der Waals surface area contributed by atoms with Crippen LogP contribution in [0.5, 0.6) is 5.75 Å². The molecule has 1 aromatic heterocycles. The Labute approximate surface area is 172 Å². The fraction of sp³-hybridized carbons (Fsp3) is 0.478. The van der Waals surface area contributed by atoms with Gasteiger partial charge in [0.05, 0.1) is 11.5 Å². The number of aliphatic carboxylic acids is 1. The summed E-state index contributed by atoms with van der Waals surface area (Å²) >= 11 is 0. The molecule has 0 spiro atoms. The number of rotatable bonds is 5. The molecule has 6 nitrogen and oxygen atoms in total. The molecule has 1 aliphatic carbocycles. The van der Waals surface area contributed by atoms with Crippen molar-refractivity contribution in [1.82, 2.24) is 4.98 Å². The first kappa shape index (κ1) is 19.6. The Morgan fingerprint density at radius 3 is 2.00 bits per heavy atom. The molecule has 2 aromatic rings. The summed E-state index contributed by atoms with van der Waals surface area (Å²) in [5.74, 6) is 0.178. The highest BCUT2D eigenvalue weighted by molar-refractivity contribution is 5.74. The number of carbonyl (C=O) groups is 1. The second kappa shape index (κ2) is 8.31. The number of piperazine rings is 1. The topological polar surface area (TPSA) is 65.9 Å². The van der Waals surface area contributed by atoms with E-state index in [9.17, 15) is 9.90 Å². The molecule has 6 heteroatoms. The minimum absolute atomic E-state index is 0.109. The zero-order valence-electron chi connectivity index (χ0n) is 17.0. The second-order valence-corrected chi connectivity index (χ2v) is 8.36. The first-order valence-corrected chi connectivity index (χ1v) is 10.4. The molecule has 0 atom stereocenters. The highest BCUT2D eigenvalue weighted by atomic mass is 16.5. The van der Waals surface area contributed by atoms with Gasteiger partial charge in [0.2, 0.25) is 0 Å². The molecular formula is C23H29N3O3. The molecule has 0 radical (unpaired) electrons. The van der Waals surface area contributed by atoms with E-state index >= 15 is 0 Å². The van der Waals surface area contributed by atoms with Crippen LogP contribution < -0.4 is 14.5 Å². The van der Waals surface area contributed by atoms with Crippen molar-refractivity contribution in [3.63, 3.8) is 0 Å². The summed E-state index contributed by atoms with van der Waals surface area (Å²) in [6.07, 6.45) is 6.73. The van der Waals surface area contributed by atoms with Gasteiger partial charge in [-0.1, -0.05) is 0 Å².